The molecule has 1 heterocycles. The monoisotopic (exact) mass is 300 g/mol. The Balaban J connectivity index is 2.31. The lowest BCUT2D eigenvalue weighted by molar-refractivity contribution is 0.191. The van der Waals surface area contributed by atoms with Crippen molar-refractivity contribution in [3.8, 4) is 0 Å². The summed E-state index contributed by atoms with van der Waals surface area (Å²) in [4.78, 5) is 4.59. The van der Waals surface area contributed by atoms with E-state index in [2.05, 4.69) is 9.55 Å². The summed E-state index contributed by atoms with van der Waals surface area (Å²) in [5, 5.41) is 0.605. The molecular formula is C14H18Cl2N2O. The number of ether oxygens (including phenoxy) is 1. The highest BCUT2D eigenvalue weighted by Crippen LogP contribution is 2.27. The normalized spacial score (nSPS) is 13.1. The third kappa shape index (κ3) is 3.41. The lowest BCUT2D eigenvalue weighted by Gasteiger charge is -2.10. The second-order valence-corrected chi connectivity index (χ2v) is 5.66. The smallest absolute Gasteiger partial charge is 0.127 e. The Hall–Kier alpha value is -0.770. The van der Waals surface area contributed by atoms with Crippen LogP contribution >= 0.6 is 23.2 Å². The van der Waals surface area contributed by atoms with E-state index in [-0.39, 0.29) is 5.38 Å². The molecule has 0 fully saturated rings. The standard InChI is InChI=1S/C14H18Cl2N2O/c1-10(15)14-17-12-6-5-11(16)9-13(12)18(14)7-3-4-8-19-2/h5-6,9-10H,3-4,7-8H2,1-2H3. The summed E-state index contributed by atoms with van der Waals surface area (Å²) in [5.74, 6) is 0.899. The second kappa shape index (κ2) is 6.60. The van der Waals surface area contributed by atoms with Gasteiger partial charge in [0, 0.05) is 25.3 Å². The van der Waals surface area contributed by atoms with Crippen molar-refractivity contribution in [2.45, 2.75) is 31.7 Å². The molecule has 104 valence electrons. The van der Waals surface area contributed by atoms with Gasteiger partial charge in [0.05, 0.1) is 16.4 Å². The molecule has 1 aromatic heterocycles. The Morgan fingerprint density at radius 2 is 2.16 bits per heavy atom. The number of halogens is 2. The molecule has 0 radical (unpaired) electrons. The largest absolute Gasteiger partial charge is 0.385 e. The van der Waals surface area contributed by atoms with E-state index >= 15 is 0 Å². The first kappa shape index (κ1) is 14.6. The number of methoxy groups -OCH3 is 1. The Morgan fingerprint density at radius 1 is 1.37 bits per heavy atom. The van der Waals surface area contributed by atoms with Gasteiger partial charge < -0.3 is 9.30 Å². The maximum absolute atomic E-state index is 6.22. The zero-order valence-electron chi connectivity index (χ0n) is 11.2. The molecule has 1 aromatic carbocycles. The van der Waals surface area contributed by atoms with Gasteiger partial charge in [0.1, 0.15) is 5.82 Å². The molecule has 2 rings (SSSR count). The summed E-state index contributed by atoms with van der Waals surface area (Å²) in [5.41, 5.74) is 1.99. The predicted molar refractivity (Wildman–Crippen MR) is 80.1 cm³/mol. The summed E-state index contributed by atoms with van der Waals surface area (Å²) in [6.07, 6.45) is 2.05. The molecule has 3 nitrogen and oxygen atoms in total. The van der Waals surface area contributed by atoms with Gasteiger partial charge in [0.25, 0.3) is 0 Å². The maximum atomic E-state index is 6.22. The number of hydrogen-bond acceptors (Lipinski definition) is 2. The molecule has 0 bridgehead atoms. The van der Waals surface area contributed by atoms with Crippen molar-refractivity contribution >= 4 is 34.2 Å². The number of aromatic nitrogens is 2. The van der Waals surface area contributed by atoms with Gasteiger partial charge in [-0.1, -0.05) is 11.6 Å². The minimum atomic E-state index is -0.117. The van der Waals surface area contributed by atoms with Gasteiger partial charge >= 0.3 is 0 Å². The van der Waals surface area contributed by atoms with E-state index in [4.69, 9.17) is 27.9 Å². The summed E-state index contributed by atoms with van der Waals surface area (Å²) in [6, 6.07) is 5.74. The van der Waals surface area contributed by atoms with E-state index in [1.54, 1.807) is 7.11 Å². The molecule has 0 aliphatic heterocycles. The highest BCUT2D eigenvalue weighted by atomic mass is 35.5. The predicted octanol–water partition coefficient (Wildman–Crippen LogP) is 4.42. The lowest BCUT2D eigenvalue weighted by Crippen LogP contribution is -2.05. The number of imidazole rings is 1. The number of aryl methyl sites for hydroxylation is 1. The van der Waals surface area contributed by atoms with Crippen molar-refractivity contribution < 1.29 is 4.74 Å². The van der Waals surface area contributed by atoms with Crippen molar-refractivity contribution in [1.29, 1.82) is 0 Å². The lowest BCUT2D eigenvalue weighted by atomic mass is 10.3. The van der Waals surface area contributed by atoms with Crippen LogP contribution in [0, 0.1) is 0 Å². The molecule has 0 saturated heterocycles. The quantitative estimate of drug-likeness (QED) is 0.583. The van der Waals surface area contributed by atoms with E-state index in [1.165, 1.54) is 0 Å². The Kier molecular flexibility index (Phi) is 5.08. The molecule has 1 atom stereocenters. The topological polar surface area (TPSA) is 27.1 Å². The van der Waals surface area contributed by atoms with Crippen molar-refractivity contribution in [2.24, 2.45) is 0 Å². The summed E-state index contributed by atoms with van der Waals surface area (Å²) in [7, 11) is 1.72. The van der Waals surface area contributed by atoms with Gasteiger partial charge in [0.2, 0.25) is 0 Å². The average molecular weight is 301 g/mol. The third-order valence-electron chi connectivity index (χ3n) is 3.08. The van der Waals surface area contributed by atoms with E-state index in [1.807, 2.05) is 25.1 Å². The molecule has 0 aliphatic carbocycles. The first-order chi connectivity index (χ1) is 9.13. The van der Waals surface area contributed by atoms with Crippen LogP contribution in [0.15, 0.2) is 18.2 Å². The van der Waals surface area contributed by atoms with Crippen molar-refractivity contribution in [2.75, 3.05) is 13.7 Å². The van der Waals surface area contributed by atoms with E-state index in [9.17, 15) is 0 Å². The van der Waals surface area contributed by atoms with Crippen LogP contribution < -0.4 is 0 Å². The van der Waals surface area contributed by atoms with Crippen LogP contribution in [0.25, 0.3) is 11.0 Å². The summed E-state index contributed by atoms with van der Waals surface area (Å²) < 4.78 is 7.23. The van der Waals surface area contributed by atoms with E-state index < -0.39 is 0 Å². The molecule has 0 N–H and O–H groups in total. The molecular weight excluding hydrogens is 283 g/mol. The first-order valence-electron chi connectivity index (χ1n) is 6.42. The number of fused-ring (bicyclic) bond motifs is 1. The second-order valence-electron chi connectivity index (χ2n) is 4.57. The van der Waals surface area contributed by atoms with Gasteiger partial charge in [0.15, 0.2) is 0 Å². The van der Waals surface area contributed by atoms with Crippen LogP contribution in [0.4, 0.5) is 0 Å². The van der Waals surface area contributed by atoms with Crippen LogP contribution in [-0.4, -0.2) is 23.3 Å². The Morgan fingerprint density at radius 3 is 2.84 bits per heavy atom. The zero-order valence-corrected chi connectivity index (χ0v) is 12.7. The van der Waals surface area contributed by atoms with Gasteiger partial charge in [-0.05, 0) is 38.0 Å². The highest BCUT2D eigenvalue weighted by Gasteiger charge is 2.14. The fraction of sp³-hybridized carbons (Fsp3) is 0.500. The molecule has 5 heteroatoms. The number of rotatable bonds is 6. The third-order valence-corrected chi connectivity index (χ3v) is 3.51. The maximum Gasteiger partial charge on any atom is 0.127 e. The van der Waals surface area contributed by atoms with Crippen molar-refractivity contribution in [3.05, 3.63) is 29.0 Å². The van der Waals surface area contributed by atoms with Crippen LogP contribution in [0.2, 0.25) is 5.02 Å². The number of hydrogen-bond donors (Lipinski definition) is 0. The molecule has 0 spiro atoms. The minimum Gasteiger partial charge on any atom is -0.385 e. The number of unbranched alkanes of at least 4 members (excludes halogenated alkanes) is 1. The van der Waals surface area contributed by atoms with Crippen molar-refractivity contribution in [1.82, 2.24) is 9.55 Å². The van der Waals surface area contributed by atoms with Crippen LogP contribution in [0.3, 0.4) is 0 Å². The van der Waals surface area contributed by atoms with Crippen LogP contribution in [0.5, 0.6) is 0 Å². The number of nitrogens with zero attached hydrogens (tertiary/aromatic N) is 2. The van der Waals surface area contributed by atoms with Crippen LogP contribution in [0.1, 0.15) is 31.0 Å². The van der Waals surface area contributed by atoms with Crippen molar-refractivity contribution in [3.63, 3.8) is 0 Å². The highest BCUT2D eigenvalue weighted by molar-refractivity contribution is 6.31. The average Bonchev–Trinajstić information content (AvgIpc) is 2.73. The van der Waals surface area contributed by atoms with Gasteiger partial charge in [-0.15, -0.1) is 11.6 Å². The number of benzene rings is 1. The summed E-state index contributed by atoms with van der Waals surface area (Å²) in [6.45, 7) is 3.60. The number of alkyl halides is 1. The van der Waals surface area contributed by atoms with Crippen LogP contribution in [-0.2, 0) is 11.3 Å². The summed E-state index contributed by atoms with van der Waals surface area (Å²) >= 11 is 12.3. The molecule has 0 saturated carbocycles. The first-order valence-corrected chi connectivity index (χ1v) is 7.23. The molecule has 0 amide bonds. The fourth-order valence-electron chi connectivity index (χ4n) is 2.17. The van der Waals surface area contributed by atoms with Gasteiger partial charge in [-0.2, -0.15) is 0 Å². The Bertz CT molecular complexity index is 552. The van der Waals surface area contributed by atoms with Gasteiger partial charge in [-0.25, -0.2) is 4.98 Å². The Labute approximate surface area is 123 Å². The molecule has 0 aliphatic rings. The zero-order chi connectivity index (χ0) is 13.8. The van der Waals surface area contributed by atoms with Gasteiger partial charge in [-0.3, -0.25) is 0 Å². The fourth-order valence-corrected chi connectivity index (χ4v) is 2.50. The van der Waals surface area contributed by atoms with E-state index in [0.717, 1.165) is 47.9 Å². The SMILES string of the molecule is COCCCCn1c(C(C)Cl)nc2ccc(Cl)cc21. The molecule has 2 aromatic rings. The minimum absolute atomic E-state index is 0.117. The molecule has 1 unspecified atom stereocenters. The van der Waals surface area contributed by atoms with E-state index in [0.29, 0.717) is 0 Å². The molecule has 19 heavy (non-hydrogen) atoms.